The molecule has 0 bridgehead atoms. The molecule has 0 aliphatic heterocycles. The molecule has 1 fully saturated rings. The Morgan fingerprint density at radius 2 is 1.82 bits per heavy atom. The molecule has 5 nitrogen and oxygen atoms in total. The van der Waals surface area contributed by atoms with Crippen molar-refractivity contribution in [2.45, 2.75) is 45.1 Å². The molecule has 148 valence electrons. The zero-order valence-corrected chi connectivity index (χ0v) is 16.5. The number of benzene rings is 2. The van der Waals surface area contributed by atoms with Crippen LogP contribution in [0.15, 0.2) is 48.5 Å². The van der Waals surface area contributed by atoms with Crippen LogP contribution in [0.5, 0.6) is 5.75 Å². The van der Waals surface area contributed by atoms with Crippen LogP contribution in [0.3, 0.4) is 0 Å². The van der Waals surface area contributed by atoms with Gasteiger partial charge in [-0.25, -0.2) is 0 Å². The van der Waals surface area contributed by atoms with Gasteiger partial charge in [0.05, 0.1) is 7.11 Å². The van der Waals surface area contributed by atoms with E-state index < -0.39 is 6.04 Å². The Morgan fingerprint density at radius 3 is 2.46 bits per heavy atom. The van der Waals surface area contributed by atoms with Crippen molar-refractivity contribution in [1.29, 1.82) is 0 Å². The SMILES string of the molecule is COc1ccc(NC(=O)C(NC(C)=O)C2CCCC2)cc1Cc1ccccc1. The first kappa shape index (κ1) is 19.9. The summed E-state index contributed by atoms with van der Waals surface area (Å²) >= 11 is 0. The molecule has 28 heavy (non-hydrogen) atoms. The molecule has 1 saturated carbocycles. The van der Waals surface area contributed by atoms with Crippen molar-refractivity contribution in [3.63, 3.8) is 0 Å². The number of ether oxygens (including phenoxy) is 1. The summed E-state index contributed by atoms with van der Waals surface area (Å²) in [5, 5.41) is 5.84. The van der Waals surface area contributed by atoms with Gasteiger partial charge in [-0.15, -0.1) is 0 Å². The van der Waals surface area contributed by atoms with Crippen molar-refractivity contribution >= 4 is 17.5 Å². The van der Waals surface area contributed by atoms with Gasteiger partial charge in [-0.3, -0.25) is 9.59 Å². The van der Waals surface area contributed by atoms with Gasteiger partial charge in [-0.1, -0.05) is 43.2 Å². The van der Waals surface area contributed by atoms with Gasteiger partial charge < -0.3 is 15.4 Å². The van der Waals surface area contributed by atoms with E-state index in [9.17, 15) is 9.59 Å². The molecular formula is C23H28N2O3. The Kier molecular flexibility index (Phi) is 6.69. The molecule has 1 aliphatic rings. The van der Waals surface area contributed by atoms with E-state index in [2.05, 4.69) is 22.8 Å². The monoisotopic (exact) mass is 380 g/mol. The number of hydrogen-bond acceptors (Lipinski definition) is 3. The third-order valence-corrected chi connectivity index (χ3v) is 5.30. The summed E-state index contributed by atoms with van der Waals surface area (Å²) in [6, 6.07) is 15.3. The second-order valence-electron chi connectivity index (χ2n) is 7.40. The van der Waals surface area contributed by atoms with Crippen LogP contribution >= 0.6 is 0 Å². The number of hydrogen-bond donors (Lipinski definition) is 2. The lowest BCUT2D eigenvalue weighted by Crippen LogP contribution is -2.47. The molecule has 0 aromatic heterocycles. The quantitative estimate of drug-likeness (QED) is 0.765. The van der Waals surface area contributed by atoms with Crippen LogP contribution in [-0.4, -0.2) is 25.0 Å². The number of methoxy groups -OCH3 is 1. The maximum Gasteiger partial charge on any atom is 0.247 e. The third-order valence-electron chi connectivity index (χ3n) is 5.30. The van der Waals surface area contributed by atoms with Gasteiger partial charge in [-0.2, -0.15) is 0 Å². The molecule has 0 heterocycles. The number of amides is 2. The minimum atomic E-state index is -0.486. The first-order chi connectivity index (χ1) is 13.6. The molecule has 0 radical (unpaired) electrons. The second kappa shape index (κ2) is 9.40. The lowest BCUT2D eigenvalue weighted by atomic mass is 9.97. The Labute approximate surface area is 166 Å². The average Bonchev–Trinajstić information content (AvgIpc) is 3.21. The molecular weight excluding hydrogens is 352 g/mol. The highest BCUT2D eigenvalue weighted by Crippen LogP contribution is 2.29. The summed E-state index contributed by atoms with van der Waals surface area (Å²) < 4.78 is 5.49. The number of carbonyl (C=O) groups excluding carboxylic acids is 2. The predicted molar refractivity (Wildman–Crippen MR) is 110 cm³/mol. The standard InChI is InChI=1S/C23H28N2O3/c1-16(26)24-22(18-10-6-7-11-18)23(27)25-20-12-13-21(28-2)19(15-20)14-17-8-4-3-5-9-17/h3-5,8-9,12-13,15,18,22H,6-7,10-11,14H2,1-2H3,(H,24,26)(H,25,27). The van der Waals surface area contributed by atoms with Crippen LogP contribution in [0.1, 0.15) is 43.7 Å². The molecule has 1 unspecified atom stereocenters. The number of rotatable bonds is 7. The maximum absolute atomic E-state index is 12.9. The summed E-state index contributed by atoms with van der Waals surface area (Å²) in [7, 11) is 1.65. The number of carbonyl (C=O) groups is 2. The van der Waals surface area contributed by atoms with E-state index in [1.807, 2.05) is 36.4 Å². The first-order valence-corrected chi connectivity index (χ1v) is 9.85. The summed E-state index contributed by atoms with van der Waals surface area (Å²) in [5.41, 5.74) is 2.89. The van der Waals surface area contributed by atoms with Crippen molar-refractivity contribution in [1.82, 2.24) is 5.32 Å². The Hall–Kier alpha value is -2.82. The van der Waals surface area contributed by atoms with E-state index in [1.54, 1.807) is 7.11 Å². The molecule has 2 aromatic carbocycles. The fourth-order valence-corrected chi connectivity index (χ4v) is 3.94. The molecule has 1 atom stereocenters. The van der Waals surface area contributed by atoms with Crippen LogP contribution in [0.2, 0.25) is 0 Å². The molecule has 2 amide bonds. The largest absolute Gasteiger partial charge is 0.496 e. The van der Waals surface area contributed by atoms with Crippen molar-refractivity contribution < 1.29 is 14.3 Å². The van der Waals surface area contributed by atoms with Gasteiger partial charge in [-0.05, 0) is 42.5 Å². The van der Waals surface area contributed by atoms with E-state index in [0.717, 1.165) is 37.0 Å². The average molecular weight is 380 g/mol. The van der Waals surface area contributed by atoms with Crippen molar-refractivity contribution in [3.8, 4) is 5.75 Å². The Morgan fingerprint density at radius 1 is 1.11 bits per heavy atom. The van der Waals surface area contributed by atoms with Crippen molar-refractivity contribution in [3.05, 3.63) is 59.7 Å². The molecule has 2 aromatic rings. The minimum absolute atomic E-state index is 0.155. The highest BCUT2D eigenvalue weighted by atomic mass is 16.5. The third kappa shape index (κ3) is 5.12. The van der Waals surface area contributed by atoms with E-state index in [4.69, 9.17) is 4.74 Å². The molecule has 2 N–H and O–H groups in total. The zero-order valence-electron chi connectivity index (χ0n) is 16.5. The highest BCUT2D eigenvalue weighted by Gasteiger charge is 2.31. The van der Waals surface area contributed by atoms with Gasteiger partial charge >= 0.3 is 0 Å². The maximum atomic E-state index is 12.9. The molecule has 0 saturated heterocycles. The fourth-order valence-electron chi connectivity index (χ4n) is 3.94. The minimum Gasteiger partial charge on any atom is -0.496 e. The highest BCUT2D eigenvalue weighted by molar-refractivity contribution is 5.97. The number of nitrogens with one attached hydrogen (secondary N) is 2. The molecule has 0 spiro atoms. The van der Waals surface area contributed by atoms with Crippen molar-refractivity contribution in [2.24, 2.45) is 5.92 Å². The lowest BCUT2D eigenvalue weighted by Gasteiger charge is -2.23. The van der Waals surface area contributed by atoms with Gasteiger partial charge in [0.15, 0.2) is 0 Å². The van der Waals surface area contributed by atoms with E-state index >= 15 is 0 Å². The second-order valence-corrected chi connectivity index (χ2v) is 7.40. The summed E-state index contributed by atoms with van der Waals surface area (Å²) in [4.78, 5) is 24.5. The Bertz CT molecular complexity index is 814. The van der Waals surface area contributed by atoms with Crippen LogP contribution in [0.25, 0.3) is 0 Å². The topological polar surface area (TPSA) is 67.4 Å². The molecule has 3 rings (SSSR count). The fraction of sp³-hybridized carbons (Fsp3) is 0.391. The summed E-state index contributed by atoms with van der Waals surface area (Å²) in [6.45, 7) is 1.46. The van der Waals surface area contributed by atoms with Crippen LogP contribution in [0.4, 0.5) is 5.69 Å². The van der Waals surface area contributed by atoms with E-state index in [-0.39, 0.29) is 17.7 Å². The summed E-state index contributed by atoms with van der Waals surface area (Å²) in [6.07, 6.45) is 4.88. The smallest absolute Gasteiger partial charge is 0.247 e. The van der Waals surface area contributed by atoms with E-state index in [0.29, 0.717) is 12.1 Å². The van der Waals surface area contributed by atoms with Crippen LogP contribution in [0, 0.1) is 5.92 Å². The summed E-state index contributed by atoms with van der Waals surface area (Å²) in [5.74, 6) is 0.659. The van der Waals surface area contributed by atoms with Crippen LogP contribution < -0.4 is 15.4 Å². The Balaban J connectivity index is 1.77. The van der Waals surface area contributed by atoms with Gasteiger partial charge in [0.1, 0.15) is 11.8 Å². The van der Waals surface area contributed by atoms with Gasteiger partial charge in [0.25, 0.3) is 0 Å². The normalized spacial score (nSPS) is 15.1. The van der Waals surface area contributed by atoms with E-state index in [1.165, 1.54) is 12.5 Å². The molecule has 1 aliphatic carbocycles. The first-order valence-electron chi connectivity index (χ1n) is 9.85. The van der Waals surface area contributed by atoms with Gasteiger partial charge in [0, 0.05) is 24.6 Å². The zero-order chi connectivity index (χ0) is 19.9. The lowest BCUT2D eigenvalue weighted by molar-refractivity contribution is -0.126. The van der Waals surface area contributed by atoms with Crippen molar-refractivity contribution in [2.75, 3.05) is 12.4 Å². The number of anilines is 1. The molecule has 5 heteroatoms. The van der Waals surface area contributed by atoms with Gasteiger partial charge in [0.2, 0.25) is 11.8 Å². The van der Waals surface area contributed by atoms with Crippen LogP contribution in [-0.2, 0) is 16.0 Å². The predicted octanol–water partition coefficient (Wildman–Crippen LogP) is 3.92.